The summed E-state index contributed by atoms with van der Waals surface area (Å²) in [6.45, 7) is 17.9. The van der Waals surface area contributed by atoms with Crippen molar-refractivity contribution in [1.82, 2.24) is 0 Å². The standard InChI is InChI=1S/C10H13ClO.C8H13Si.C2H6Si.2ClH.Ti/c1-10(2,3)7-4-8(11)6-9(12)5-7;1-9(2,3)8-6-4-5-7-8;1-3-2;;;/h4-6,12H,1-3H3;4-7H,1-3H3;1-2H3;2*1H;/q;-1;;;;+2/p-2. The minimum absolute atomic E-state index is 0. The van der Waals surface area contributed by atoms with E-state index in [1.165, 1.54) is 6.07 Å². The second-order valence-corrected chi connectivity index (χ2v) is 20.6. The molecule has 0 aromatic heterocycles. The minimum atomic E-state index is -0.981. The van der Waals surface area contributed by atoms with Gasteiger partial charge >= 0.3 is 38.5 Å². The minimum Gasteiger partial charge on any atom is -1.00 e. The summed E-state index contributed by atoms with van der Waals surface area (Å²) >= 11 is 8.06. The van der Waals surface area contributed by atoms with Crippen molar-refractivity contribution in [3.8, 4) is 5.75 Å². The Kier molecular flexibility index (Phi) is 17.1. The second-order valence-electron chi connectivity index (χ2n) is 8.37. The first-order chi connectivity index (χ1) is 11.2. The SMILES string of the molecule is CC(C)(C)c1cc(O)cc(Cl)c1.C[Si](C)(C)[c-]1cccc1.C[Si](C)=[Ti+2].[Cl-].[Cl-]. The van der Waals surface area contributed by atoms with Gasteiger partial charge in [0.2, 0.25) is 0 Å². The van der Waals surface area contributed by atoms with E-state index in [9.17, 15) is 5.11 Å². The Morgan fingerprint density at radius 2 is 1.41 bits per heavy atom. The molecule has 1 N–H and O–H groups in total. The summed E-state index contributed by atoms with van der Waals surface area (Å²) in [4.78, 5) is 0. The molecule has 0 spiro atoms. The number of hydrogen-bond donors (Lipinski definition) is 1. The van der Waals surface area contributed by atoms with Crippen LogP contribution in [0.2, 0.25) is 37.8 Å². The van der Waals surface area contributed by atoms with Crippen molar-refractivity contribution in [3.63, 3.8) is 0 Å². The average molecular weight is 499 g/mol. The van der Waals surface area contributed by atoms with Crippen molar-refractivity contribution in [2.75, 3.05) is 0 Å². The molecule has 0 heterocycles. The van der Waals surface area contributed by atoms with E-state index in [0.717, 1.165) is 5.56 Å². The first-order valence-electron chi connectivity index (χ1n) is 8.47. The van der Waals surface area contributed by atoms with Gasteiger partial charge in [-0.1, -0.05) is 52.0 Å². The fraction of sp³-hybridized carbons (Fsp3) is 0.450. The number of halogens is 3. The van der Waals surface area contributed by atoms with Gasteiger partial charge < -0.3 is 29.9 Å². The van der Waals surface area contributed by atoms with Gasteiger partial charge in [-0.2, -0.15) is 17.3 Å². The molecule has 0 aliphatic carbocycles. The topological polar surface area (TPSA) is 20.2 Å². The monoisotopic (exact) mass is 497 g/mol. The maximum Gasteiger partial charge on any atom is -1.00 e. The van der Waals surface area contributed by atoms with Crippen LogP contribution < -0.4 is 30.0 Å². The normalized spacial score (nSPS) is 10.2. The zero-order chi connectivity index (χ0) is 19.8. The Labute approximate surface area is 196 Å². The van der Waals surface area contributed by atoms with Gasteiger partial charge in [0.1, 0.15) is 5.75 Å². The molecule has 0 saturated carbocycles. The summed E-state index contributed by atoms with van der Waals surface area (Å²) < 4.78 is 0. The quantitative estimate of drug-likeness (QED) is 0.436. The first-order valence-corrected chi connectivity index (χ1v) is 17.2. The van der Waals surface area contributed by atoms with E-state index in [2.05, 4.69) is 96.9 Å². The molecular weight excluding hydrogens is 467 g/mol. The molecule has 0 saturated heterocycles. The second kappa shape index (κ2) is 14.4. The van der Waals surface area contributed by atoms with Crippen LogP contribution in [0.3, 0.4) is 0 Å². The maximum absolute atomic E-state index is 9.27. The number of aromatic hydroxyl groups is 1. The summed E-state index contributed by atoms with van der Waals surface area (Å²) in [6.07, 6.45) is 0.120. The van der Waals surface area contributed by atoms with Gasteiger partial charge in [0.05, 0.1) is 0 Å². The van der Waals surface area contributed by atoms with Crippen molar-refractivity contribution in [1.29, 1.82) is 0 Å². The molecule has 1 nitrogen and oxygen atoms in total. The van der Waals surface area contributed by atoms with Crippen LogP contribution in [-0.4, -0.2) is 19.4 Å². The van der Waals surface area contributed by atoms with Crippen LogP contribution in [0.25, 0.3) is 0 Å². The molecule has 7 heteroatoms. The fourth-order valence-electron chi connectivity index (χ4n) is 1.88. The van der Waals surface area contributed by atoms with Gasteiger partial charge in [-0.15, -0.1) is 0 Å². The third-order valence-corrected chi connectivity index (χ3v) is 5.56. The van der Waals surface area contributed by atoms with E-state index in [4.69, 9.17) is 11.6 Å². The number of hydrogen-bond acceptors (Lipinski definition) is 1. The van der Waals surface area contributed by atoms with Crippen LogP contribution in [0, 0.1) is 0 Å². The van der Waals surface area contributed by atoms with Crippen LogP contribution in [0.15, 0.2) is 42.5 Å². The zero-order valence-corrected chi connectivity index (χ0v) is 23.5. The zero-order valence-electron chi connectivity index (χ0n) is 17.6. The van der Waals surface area contributed by atoms with Crippen LogP contribution in [0.1, 0.15) is 26.3 Å². The van der Waals surface area contributed by atoms with Crippen LogP contribution >= 0.6 is 11.6 Å². The van der Waals surface area contributed by atoms with E-state index in [-0.39, 0.29) is 42.2 Å². The van der Waals surface area contributed by atoms with Gasteiger partial charge in [-0.25, -0.2) is 12.1 Å². The van der Waals surface area contributed by atoms with E-state index >= 15 is 0 Å². The van der Waals surface area contributed by atoms with Crippen molar-refractivity contribution in [3.05, 3.63) is 53.1 Å². The molecule has 27 heavy (non-hydrogen) atoms. The summed E-state index contributed by atoms with van der Waals surface area (Å²) in [7, 11) is -0.981. The molecule has 2 aromatic carbocycles. The smallest absolute Gasteiger partial charge is 1.00 e. The van der Waals surface area contributed by atoms with Gasteiger partial charge in [-0.3, -0.25) is 0 Å². The maximum atomic E-state index is 9.27. The predicted octanol–water partition coefficient (Wildman–Crippen LogP) is 0.0861. The first kappa shape index (κ1) is 32.1. The molecule has 0 amide bonds. The Bertz CT molecular complexity index is 637. The molecule has 2 aromatic rings. The summed E-state index contributed by atoms with van der Waals surface area (Å²) in [5, 5.41) is 11.4. The third-order valence-electron chi connectivity index (χ3n) is 3.28. The van der Waals surface area contributed by atoms with Gasteiger partial charge in [-0.05, 0) is 29.2 Å². The van der Waals surface area contributed by atoms with Crippen molar-refractivity contribution in [2.24, 2.45) is 0 Å². The van der Waals surface area contributed by atoms with E-state index in [0.29, 0.717) is 5.02 Å². The molecule has 0 aliphatic rings. The Hall–Kier alpha value is 0.388. The number of benzene rings is 1. The Morgan fingerprint density at radius 3 is 1.67 bits per heavy atom. The largest absolute Gasteiger partial charge is 1.00 e. The molecule has 0 bridgehead atoms. The Balaban J connectivity index is -0.000000343. The molecule has 2 rings (SSSR count). The third kappa shape index (κ3) is 15.9. The van der Waals surface area contributed by atoms with Crippen LogP contribution in [0.5, 0.6) is 5.75 Å². The molecule has 0 radical (unpaired) electrons. The van der Waals surface area contributed by atoms with Crippen molar-refractivity contribution < 1.29 is 49.1 Å². The number of rotatable bonds is 1. The molecule has 0 aliphatic heterocycles. The van der Waals surface area contributed by atoms with Crippen molar-refractivity contribution in [2.45, 2.75) is 58.9 Å². The number of phenols is 1. The predicted molar refractivity (Wildman–Crippen MR) is 114 cm³/mol. The fourth-order valence-corrected chi connectivity index (χ4v) is 3.30. The summed E-state index contributed by atoms with van der Waals surface area (Å²) in [5.74, 6) is 0.229. The van der Waals surface area contributed by atoms with Gasteiger partial charge in [0.25, 0.3) is 0 Å². The Morgan fingerprint density at radius 1 is 1.00 bits per heavy atom. The molecule has 0 fully saturated rings. The van der Waals surface area contributed by atoms with Gasteiger partial charge in [0.15, 0.2) is 0 Å². The van der Waals surface area contributed by atoms with Crippen LogP contribution in [0.4, 0.5) is 0 Å². The van der Waals surface area contributed by atoms with E-state index in [1.54, 1.807) is 11.3 Å². The summed E-state index contributed by atoms with van der Waals surface area (Å²) in [5.41, 5.74) is 1.08. The van der Waals surface area contributed by atoms with Crippen LogP contribution in [-0.2, 0) is 24.6 Å². The number of phenolic OH excluding ortho intramolecular Hbond substituents is 1. The van der Waals surface area contributed by atoms with E-state index < -0.39 is 8.07 Å². The molecule has 0 atom stereocenters. The van der Waals surface area contributed by atoms with Gasteiger partial charge in [0, 0.05) is 13.1 Å². The summed E-state index contributed by atoms with van der Waals surface area (Å²) in [6, 6.07) is 13.9. The molecular formula is C20H32Cl3OSi2Ti-. The molecule has 152 valence electrons. The van der Waals surface area contributed by atoms with Crippen molar-refractivity contribution >= 4 is 31.0 Å². The van der Waals surface area contributed by atoms with E-state index in [1.807, 2.05) is 6.07 Å². The average Bonchev–Trinajstić information content (AvgIpc) is 2.89. The molecule has 0 unspecified atom stereocenters.